The monoisotopic (exact) mass is 467 g/mol. The van der Waals surface area contributed by atoms with Gasteiger partial charge in [-0.3, -0.25) is 19.6 Å². The van der Waals surface area contributed by atoms with Crippen molar-refractivity contribution in [1.29, 1.82) is 0 Å². The van der Waals surface area contributed by atoms with Crippen LogP contribution in [0.4, 0.5) is 5.69 Å². The van der Waals surface area contributed by atoms with E-state index in [1.165, 1.54) is 0 Å². The molecule has 33 heavy (non-hydrogen) atoms. The first kappa shape index (κ1) is 21.7. The molecule has 172 valence electrons. The molecule has 2 aromatic heterocycles. The summed E-state index contributed by atoms with van der Waals surface area (Å²) in [6.07, 6.45) is 5.48. The van der Waals surface area contributed by atoms with Crippen LogP contribution >= 0.6 is 0 Å². The largest absolute Gasteiger partial charge is 0.477 e. The Morgan fingerprint density at radius 2 is 2.06 bits per heavy atom. The molecule has 2 N–H and O–H groups in total. The molecule has 3 heterocycles. The first-order valence-corrected chi connectivity index (χ1v) is 12.4. The van der Waals surface area contributed by atoms with E-state index in [0.29, 0.717) is 55.5 Å². The SMILES string of the molecule is CCOc1cncc(-c2ccc3c(c2)CN(Cc2cc(NS(=O)(=O)C4CC4)ccn2)C3O)n1. The number of hydrogen-bond acceptors (Lipinski definition) is 8. The highest BCUT2D eigenvalue weighted by Crippen LogP contribution is 2.35. The quantitative estimate of drug-likeness (QED) is 0.519. The van der Waals surface area contributed by atoms with Crippen LogP contribution in [-0.2, 0) is 23.1 Å². The molecular formula is C23H25N5O4S. The van der Waals surface area contributed by atoms with E-state index in [0.717, 1.165) is 16.7 Å². The van der Waals surface area contributed by atoms with Crippen LogP contribution in [0.3, 0.4) is 0 Å². The third kappa shape index (κ3) is 4.68. The van der Waals surface area contributed by atoms with Gasteiger partial charge in [0.15, 0.2) is 0 Å². The Hall–Kier alpha value is -3.08. The van der Waals surface area contributed by atoms with Crippen LogP contribution < -0.4 is 9.46 Å². The van der Waals surface area contributed by atoms with E-state index in [4.69, 9.17) is 4.74 Å². The normalized spacial score (nSPS) is 18.2. The first-order valence-electron chi connectivity index (χ1n) is 10.9. The summed E-state index contributed by atoms with van der Waals surface area (Å²) in [4.78, 5) is 14.9. The third-order valence-corrected chi connectivity index (χ3v) is 7.62. The fourth-order valence-corrected chi connectivity index (χ4v) is 5.34. The lowest BCUT2D eigenvalue weighted by molar-refractivity contribution is 0.00690. The molecule has 3 aromatic rings. The molecule has 0 saturated heterocycles. The van der Waals surface area contributed by atoms with Crippen molar-refractivity contribution in [2.24, 2.45) is 0 Å². The summed E-state index contributed by atoms with van der Waals surface area (Å²) in [6, 6.07) is 9.18. The highest BCUT2D eigenvalue weighted by Gasteiger charge is 2.36. The number of benzene rings is 1. The molecule has 0 amide bonds. The van der Waals surface area contributed by atoms with Crippen molar-refractivity contribution in [2.75, 3.05) is 11.3 Å². The van der Waals surface area contributed by atoms with E-state index >= 15 is 0 Å². The van der Waals surface area contributed by atoms with Gasteiger partial charge in [-0.2, -0.15) is 0 Å². The Morgan fingerprint density at radius 1 is 1.21 bits per heavy atom. The number of ether oxygens (including phenoxy) is 1. The van der Waals surface area contributed by atoms with E-state index in [9.17, 15) is 13.5 Å². The lowest BCUT2D eigenvalue weighted by Gasteiger charge is -2.20. The zero-order valence-corrected chi connectivity index (χ0v) is 19.0. The van der Waals surface area contributed by atoms with Gasteiger partial charge in [0.25, 0.3) is 0 Å². The van der Waals surface area contributed by atoms with Crippen molar-refractivity contribution in [3.8, 4) is 17.1 Å². The molecule has 9 nitrogen and oxygen atoms in total. The van der Waals surface area contributed by atoms with E-state index in [2.05, 4.69) is 19.7 Å². The van der Waals surface area contributed by atoms with E-state index in [1.807, 2.05) is 30.0 Å². The number of nitrogens with zero attached hydrogens (tertiary/aromatic N) is 4. The smallest absolute Gasteiger partial charge is 0.235 e. The topological polar surface area (TPSA) is 118 Å². The fraction of sp³-hybridized carbons (Fsp3) is 0.348. The van der Waals surface area contributed by atoms with Crippen molar-refractivity contribution in [3.63, 3.8) is 0 Å². The summed E-state index contributed by atoms with van der Waals surface area (Å²) >= 11 is 0. The van der Waals surface area contributed by atoms with Gasteiger partial charge in [0.05, 0.1) is 41.3 Å². The fourth-order valence-electron chi connectivity index (χ4n) is 3.96. The predicted molar refractivity (Wildman–Crippen MR) is 123 cm³/mol. The molecule has 0 radical (unpaired) electrons. The number of aromatic nitrogens is 3. The van der Waals surface area contributed by atoms with Gasteiger partial charge in [-0.05, 0) is 49.1 Å². The number of aliphatic hydroxyl groups is 1. The molecule has 1 aromatic carbocycles. The maximum Gasteiger partial charge on any atom is 0.235 e. The maximum atomic E-state index is 12.2. The average Bonchev–Trinajstić information content (AvgIpc) is 3.61. The van der Waals surface area contributed by atoms with Crippen LogP contribution in [0.25, 0.3) is 11.3 Å². The highest BCUT2D eigenvalue weighted by atomic mass is 32.2. The van der Waals surface area contributed by atoms with Crippen LogP contribution in [-0.4, -0.2) is 45.2 Å². The van der Waals surface area contributed by atoms with Crippen LogP contribution in [0.2, 0.25) is 0 Å². The van der Waals surface area contributed by atoms with Gasteiger partial charge in [-0.25, -0.2) is 13.4 Å². The third-order valence-electron chi connectivity index (χ3n) is 5.75. The number of anilines is 1. The Bertz CT molecular complexity index is 1280. The molecule has 10 heteroatoms. The average molecular weight is 468 g/mol. The van der Waals surface area contributed by atoms with E-state index in [-0.39, 0.29) is 5.25 Å². The predicted octanol–water partition coefficient (Wildman–Crippen LogP) is 2.85. The van der Waals surface area contributed by atoms with Gasteiger partial charge in [0, 0.05) is 24.8 Å². The zero-order valence-electron chi connectivity index (χ0n) is 18.2. The molecule has 1 saturated carbocycles. The Balaban J connectivity index is 1.32. The van der Waals surface area contributed by atoms with Crippen molar-refractivity contribution >= 4 is 15.7 Å². The van der Waals surface area contributed by atoms with Crippen LogP contribution in [0.5, 0.6) is 5.88 Å². The van der Waals surface area contributed by atoms with Gasteiger partial charge in [-0.15, -0.1) is 0 Å². The van der Waals surface area contributed by atoms with Crippen LogP contribution in [0.1, 0.15) is 42.8 Å². The number of rotatable bonds is 8. The van der Waals surface area contributed by atoms with Crippen molar-refractivity contribution in [2.45, 2.75) is 44.3 Å². The molecule has 5 rings (SSSR count). The van der Waals surface area contributed by atoms with Crippen LogP contribution in [0, 0.1) is 0 Å². The minimum atomic E-state index is -3.34. The number of sulfonamides is 1. The molecule has 1 aliphatic carbocycles. The van der Waals surface area contributed by atoms with Gasteiger partial charge >= 0.3 is 0 Å². The number of aliphatic hydroxyl groups excluding tert-OH is 1. The highest BCUT2D eigenvalue weighted by molar-refractivity contribution is 7.93. The number of nitrogens with one attached hydrogen (secondary N) is 1. The standard InChI is InChI=1S/C23H25N5O4S/c1-2-32-22-12-24-11-21(26-22)15-3-6-20-16(9-15)13-28(23(20)29)14-18-10-17(7-8-25-18)27-33(30,31)19-4-5-19/h3,6-12,19,23,29H,2,4-5,13-14H2,1H3,(H,25,27). The van der Waals surface area contributed by atoms with Crippen molar-refractivity contribution in [1.82, 2.24) is 19.9 Å². The van der Waals surface area contributed by atoms with Gasteiger partial charge in [0.1, 0.15) is 6.23 Å². The lowest BCUT2D eigenvalue weighted by Crippen LogP contribution is -2.22. The van der Waals surface area contributed by atoms with Crippen LogP contribution in [0.15, 0.2) is 48.9 Å². The molecule has 2 aliphatic rings. The number of pyridine rings is 1. The molecule has 0 spiro atoms. The zero-order chi connectivity index (χ0) is 23.0. The lowest BCUT2D eigenvalue weighted by atomic mass is 10.0. The summed E-state index contributed by atoms with van der Waals surface area (Å²) in [7, 11) is -3.34. The summed E-state index contributed by atoms with van der Waals surface area (Å²) in [5, 5.41) is 10.6. The Morgan fingerprint density at radius 3 is 2.85 bits per heavy atom. The Kier molecular flexibility index (Phi) is 5.73. The van der Waals surface area contributed by atoms with Gasteiger partial charge in [0.2, 0.25) is 15.9 Å². The molecule has 1 unspecified atom stereocenters. The molecule has 1 atom stereocenters. The summed E-state index contributed by atoms with van der Waals surface area (Å²) in [5.74, 6) is 0.473. The number of hydrogen-bond donors (Lipinski definition) is 2. The van der Waals surface area contributed by atoms with Gasteiger partial charge < -0.3 is 9.84 Å². The second-order valence-corrected chi connectivity index (χ2v) is 10.2. The molecule has 0 bridgehead atoms. The summed E-state index contributed by atoms with van der Waals surface area (Å²) < 4.78 is 32.5. The second kappa shape index (κ2) is 8.69. The first-order chi connectivity index (χ1) is 15.9. The second-order valence-electron chi connectivity index (χ2n) is 8.25. The molecule has 1 fully saturated rings. The van der Waals surface area contributed by atoms with E-state index < -0.39 is 16.3 Å². The van der Waals surface area contributed by atoms with Gasteiger partial charge in [-0.1, -0.05) is 12.1 Å². The van der Waals surface area contributed by atoms with Crippen molar-refractivity contribution < 1.29 is 18.3 Å². The van der Waals surface area contributed by atoms with Crippen molar-refractivity contribution in [3.05, 3.63) is 65.7 Å². The van der Waals surface area contributed by atoms with E-state index in [1.54, 1.807) is 30.7 Å². The maximum absolute atomic E-state index is 12.2. The molecule has 1 aliphatic heterocycles. The minimum absolute atomic E-state index is 0.294. The Labute approximate surface area is 192 Å². The summed E-state index contributed by atoms with van der Waals surface area (Å²) in [6.45, 7) is 3.32. The minimum Gasteiger partial charge on any atom is -0.477 e. The summed E-state index contributed by atoms with van der Waals surface area (Å²) in [5.41, 5.74) is 4.59. The number of fused-ring (bicyclic) bond motifs is 1. The molecular weight excluding hydrogens is 442 g/mol.